The van der Waals surface area contributed by atoms with Crippen LogP contribution in [0.4, 0.5) is 0 Å². The van der Waals surface area contributed by atoms with Crippen LogP contribution < -0.4 is 0 Å². The summed E-state index contributed by atoms with van der Waals surface area (Å²) in [6.45, 7) is 7.99. The lowest BCUT2D eigenvalue weighted by atomic mass is 10.2. The lowest BCUT2D eigenvalue weighted by Crippen LogP contribution is -2.04. The second-order valence-electron chi connectivity index (χ2n) is 7.19. The van der Waals surface area contributed by atoms with Crippen LogP contribution in [-0.2, 0) is 6.42 Å². The molecule has 1 N–H and O–H groups in total. The average molecular weight is 377 g/mol. The first-order chi connectivity index (χ1) is 13.4. The van der Waals surface area contributed by atoms with E-state index in [0.29, 0.717) is 24.1 Å². The Morgan fingerprint density at radius 1 is 1.07 bits per heavy atom. The van der Waals surface area contributed by atoms with Crippen molar-refractivity contribution in [3.8, 4) is 5.95 Å². The summed E-state index contributed by atoms with van der Waals surface area (Å²) in [7, 11) is 0. The Kier molecular flexibility index (Phi) is 4.64. The van der Waals surface area contributed by atoms with Gasteiger partial charge in [-0.15, -0.1) is 0 Å². The van der Waals surface area contributed by atoms with Crippen molar-refractivity contribution in [3.05, 3.63) is 60.0 Å². The van der Waals surface area contributed by atoms with Gasteiger partial charge in [0.1, 0.15) is 17.7 Å². The Hall–Kier alpha value is -3.13. The van der Waals surface area contributed by atoms with E-state index in [9.17, 15) is 5.11 Å². The van der Waals surface area contributed by atoms with Crippen molar-refractivity contribution in [1.82, 2.24) is 34.1 Å². The van der Waals surface area contributed by atoms with Gasteiger partial charge in [0.25, 0.3) is 0 Å². The van der Waals surface area contributed by atoms with Crippen molar-refractivity contribution >= 4 is 11.0 Å². The molecule has 1 unspecified atom stereocenters. The fraction of sp³-hybridized carbons (Fsp3) is 0.350. The van der Waals surface area contributed by atoms with Crippen LogP contribution in [-0.4, -0.2) is 39.2 Å². The van der Waals surface area contributed by atoms with E-state index in [4.69, 9.17) is 0 Å². The predicted octanol–water partition coefficient (Wildman–Crippen LogP) is 2.94. The summed E-state index contributed by atoms with van der Waals surface area (Å²) in [6.07, 6.45) is 6.85. The van der Waals surface area contributed by atoms with Crippen molar-refractivity contribution in [2.75, 3.05) is 0 Å². The second kappa shape index (κ2) is 7.12. The summed E-state index contributed by atoms with van der Waals surface area (Å²) in [5, 5.41) is 9.65. The molecule has 0 fully saturated rings. The van der Waals surface area contributed by atoms with Gasteiger partial charge in [0, 0.05) is 30.6 Å². The molecule has 144 valence electrons. The van der Waals surface area contributed by atoms with Gasteiger partial charge in [-0.1, -0.05) is 0 Å². The highest BCUT2D eigenvalue weighted by Gasteiger charge is 2.13. The second-order valence-corrected chi connectivity index (χ2v) is 7.19. The molecular formula is C20H23N7O. The number of pyridine rings is 1. The molecule has 28 heavy (non-hydrogen) atoms. The van der Waals surface area contributed by atoms with Crippen LogP contribution in [0.5, 0.6) is 0 Å². The van der Waals surface area contributed by atoms with E-state index < -0.39 is 6.10 Å². The molecule has 0 aromatic carbocycles. The van der Waals surface area contributed by atoms with Crippen LogP contribution in [0, 0.1) is 6.92 Å². The Morgan fingerprint density at radius 3 is 2.61 bits per heavy atom. The third-order valence-corrected chi connectivity index (χ3v) is 4.65. The lowest BCUT2D eigenvalue weighted by Gasteiger charge is -2.11. The number of aliphatic hydroxyl groups excluding tert-OH is 1. The van der Waals surface area contributed by atoms with Gasteiger partial charge in [-0.3, -0.25) is 9.55 Å². The fourth-order valence-corrected chi connectivity index (χ4v) is 3.37. The van der Waals surface area contributed by atoms with Gasteiger partial charge in [0.2, 0.25) is 5.95 Å². The molecule has 0 saturated heterocycles. The topological polar surface area (TPSA) is 94.5 Å². The van der Waals surface area contributed by atoms with Crippen LogP contribution in [0.15, 0.2) is 37.1 Å². The molecule has 0 saturated carbocycles. The van der Waals surface area contributed by atoms with Crippen molar-refractivity contribution in [1.29, 1.82) is 0 Å². The molecule has 4 aromatic rings. The van der Waals surface area contributed by atoms with Crippen molar-refractivity contribution in [2.45, 2.75) is 46.3 Å². The van der Waals surface area contributed by atoms with Crippen LogP contribution >= 0.6 is 0 Å². The van der Waals surface area contributed by atoms with Gasteiger partial charge in [0.15, 0.2) is 0 Å². The zero-order chi connectivity index (χ0) is 19.8. The van der Waals surface area contributed by atoms with Gasteiger partial charge in [-0.05, 0) is 39.8 Å². The summed E-state index contributed by atoms with van der Waals surface area (Å²) < 4.78 is 3.92. The molecule has 8 nitrogen and oxygen atoms in total. The molecule has 0 aliphatic heterocycles. The van der Waals surface area contributed by atoms with Gasteiger partial charge >= 0.3 is 0 Å². The third kappa shape index (κ3) is 3.38. The molecule has 0 bridgehead atoms. The van der Waals surface area contributed by atoms with E-state index in [1.807, 2.05) is 19.2 Å². The van der Waals surface area contributed by atoms with E-state index in [1.165, 1.54) is 0 Å². The van der Waals surface area contributed by atoms with E-state index in [1.54, 1.807) is 30.2 Å². The van der Waals surface area contributed by atoms with E-state index in [2.05, 4.69) is 49.4 Å². The molecule has 0 aliphatic carbocycles. The van der Waals surface area contributed by atoms with E-state index >= 15 is 0 Å². The Bertz CT molecular complexity index is 1130. The fourth-order valence-electron chi connectivity index (χ4n) is 3.37. The monoisotopic (exact) mass is 377 g/mol. The number of fused-ring (bicyclic) bond motifs is 1. The summed E-state index contributed by atoms with van der Waals surface area (Å²) >= 11 is 0. The molecule has 0 spiro atoms. The van der Waals surface area contributed by atoms with Crippen molar-refractivity contribution in [3.63, 3.8) is 0 Å². The van der Waals surface area contributed by atoms with Crippen LogP contribution in [0.25, 0.3) is 17.0 Å². The van der Waals surface area contributed by atoms with Crippen molar-refractivity contribution < 1.29 is 5.11 Å². The normalized spacial score (nSPS) is 12.8. The van der Waals surface area contributed by atoms with Crippen LogP contribution in [0.2, 0.25) is 0 Å². The SMILES string of the molecule is Cc1nc2cnc(Cc3ccnc(-n4cnc(C(C)O)c4)n3)cc2n1C(C)C. The van der Waals surface area contributed by atoms with E-state index in [-0.39, 0.29) is 0 Å². The third-order valence-electron chi connectivity index (χ3n) is 4.65. The zero-order valence-electron chi connectivity index (χ0n) is 16.4. The number of imidazole rings is 2. The Balaban J connectivity index is 1.65. The molecule has 4 heterocycles. The first-order valence-corrected chi connectivity index (χ1v) is 9.30. The number of aryl methyl sites for hydroxylation is 1. The number of hydrogen-bond acceptors (Lipinski definition) is 6. The molecule has 0 amide bonds. The summed E-state index contributed by atoms with van der Waals surface area (Å²) in [5.74, 6) is 1.50. The lowest BCUT2D eigenvalue weighted by molar-refractivity contribution is 0.195. The smallest absolute Gasteiger partial charge is 0.235 e. The first kappa shape index (κ1) is 18.2. The number of hydrogen-bond donors (Lipinski definition) is 1. The molecule has 0 aliphatic rings. The van der Waals surface area contributed by atoms with Gasteiger partial charge in [-0.25, -0.2) is 19.9 Å². The number of rotatable bonds is 5. The maximum Gasteiger partial charge on any atom is 0.235 e. The quantitative estimate of drug-likeness (QED) is 0.575. The van der Waals surface area contributed by atoms with Crippen LogP contribution in [0.1, 0.15) is 55.8 Å². The van der Waals surface area contributed by atoms with Gasteiger partial charge < -0.3 is 9.67 Å². The average Bonchev–Trinajstić information content (AvgIpc) is 3.26. The summed E-state index contributed by atoms with van der Waals surface area (Å²) in [6, 6.07) is 4.29. The maximum absolute atomic E-state index is 9.65. The molecule has 8 heteroatoms. The molecule has 0 radical (unpaired) electrons. The standard InChI is InChI=1S/C20H23N7O/c1-12(2)27-14(4)24-17-9-22-16(8-19(17)27)7-15-5-6-21-20(25-15)26-10-18(13(3)28)23-11-26/h5-6,8-13,28H,7H2,1-4H3. The Morgan fingerprint density at radius 2 is 1.89 bits per heavy atom. The summed E-state index contributed by atoms with van der Waals surface area (Å²) in [5.41, 5.74) is 4.36. The number of nitrogens with zero attached hydrogens (tertiary/aromatic N) is 7. The highest BCUT2D eigenvalue weighted by Crippen LogP contribution is 2.21. The predicted molar refractivity (Wildman–Crippen MR) is 105 cm³/mol. The first-order valence-electron chi connectivity index (χ1n) is 9.30. The summed E-state index contributed by atoms with van der Waals surface area (Å²) in [4.78, 5) is 22.3. The highest BCUT2D eigenvalue weighted by atomic mass is 16.3. The minimum atomic E-state index is -0.630. The maximum atomic E-state index is 9.65. The number of aliphatic hydroxyl groups is 1. The largest absolute Gasteiger partial charge is 0.387 e. The number of aromatic nitrogens is 7. The van der Waals surface area contributed by atoms with Crippen LogP contribution in [0.3, 0.4) is 0 Å². The van der Waals surface area contributed by atoms with Gasteiger partial charge in [-0.2, -0.15) is 0 Å². The Labute approximate surface area is 163 Å². The minimum Gasteiger partial charge on any atom is -0.387 e. The van der Waals surface area contributed by atoms with Gasteiger partial charge in [0.05, 0.1) is 29.2 Å². The molecule has 4 rings (SSSR count). The molecule has 1 atom stereocenters. The highest BCUT2D eigenvalue weighted by molar-refractivity contribution is 5.75. The minimum absolute atomic E-state index is 0.329. The molecule has 4 aromatic heterocycles. The van der Waals surface area contributed by atoms with E-state index in [0.717, 1.165) is 28.2 Å². The van der Waals surface area contributed by atoms with Crippen molar-refractivity contribution in [2.24, 2.45) is 0 Å². The zero-order valence-corrected chi connectivity index (χ0v) is 16.4. The molecular weight excluding hydrogens is 354 g/mol.